The lowest BCUT2D eigenvalue weighted by molar-refractivity contribution is -0.137. The van der Waals surface area contributed by atoms with E-state index in [4.69, 9.17) is 0 Å². The Morgan fingerprint density at radius 2 is 2.00 bits per heavy atom. The van der Waals surface area contributed by atoms with E-state index in [0.29, 0.717) is 10.2 Å². The van der Waals surface area contributed by atoms with E-state index in [1.165, 1.54) is 0 Å². The predicted octanol–water partition coefficient (Wildman–Crippen LogP) is 4.37. The maximum atomic E-state index is 12.8. The standard InChI is InChI=1S/C13H13BrF3N3/c1-8(12-18-3-4-20(12)2)19-11-6-9(13(15,16)17)5-10(14)7-11/h3-8,19H,1-2H3. The largest absolute Gasteiger partial charge is 0.416 e. The van der Waals surface area contributed by atoms with Crippen molar-refractivity contribution in [2.75, 3.05) is 5.32 Å². The Hall–Kier alpha value is -1.50. The quantitative estimate of drug-likeness (QED) is 0.893. The Morgan fingerprint density at radius 1 is 1.30 bits per heavy atom. The molecule has 2 rings (SSSR count). The normalized spacial score (nSPS) is 13.3. The molecule has 1 heterocycles. The Balaban J connectivity index is 2.26. The molecular weight excluding hydrogens is 335 g/mol. The summed E-state index contributed by atoms with van der Waals surface area (Å²) >= 11 is 3.10. The summed E-state index contributed by atoms with van der Waals surface area (Å²) in [5.41, 5.74) is -0.302. The molecular formula is C13H13BrF3N3. The van der Waals surface area contributed by atoms with Crippen LogP contribution in [-0.4, -0.2) is 9.55 Å². The van der Waals surface area contributed by atoms with Gasteiger partial charge < -0.3 is 9.88 Å². The first-order valence-electron chi connectivity index (χ1n) is 5.89. The number of hydrogen-bond donors (Lipinski definition) is 1. The zero-order valence-electron chi connectivity index (χ0n) is 10.9. The third kappa shape index (κ3) is 3.33. The molecule has 0 amide bonds. The maximum Gasteiger partial charge on any atom is 0.416 e. The first-order chi connectivity index (χ1) is 9.27. The Labute approximate surface area is 123 Å². The molecule has 0 saturated heterocycles. The fourth-order valence-corrected chi connectivity index (χ4v) is 2.44. The van der Waals surface area contributed by atoms with Crippen molar-refractivity contribution in [3.63, 3.8) is 0 Å². The topological polar surface area (TPSA) is 29.9 Å². The van der Waals surface area contributed by atoms with E-state index in [0.717, 1.165) is 18.0 Å². The van der Waals surface area contributed by atoms with Gasteiger partial charge in [0.2, 0.25) is 0 Å². The second kappa shape index (κ2) is 5.47. The third-order valence-electron chi connectivity index (χ3n) is 2.85. The highest BCUT2D eigenvalue weighted by Crippen LogP contribution is 2.34. The van der Waals surface area contributed by atoms with Crippen molar-refractivity contribution in [3.05, 3.63) is 46.5 Å². The molecule has 0 aliphatic carbocycles. The number of nitrogens with zero attached hydrogens (tertiary/aromatic N) is 2. The summed E-state index contributed by atoms with van der Waals surface area (Å²) in [5.74, 6) is 0.749. The van der Waals surface area contributed by atoms with Crippen LogP contribution < -0.4 is 5.32 Å². The molecule has 0 spiro atoms. The Bertz CT molecular complexity index is 607. The van der Waals surface area contributed by atoms with E-state index in [2.05, 4.69) is 26.2 Å². The van der Waals surface area contributed by atoms with Crippen LogP contribution in [0.5, 0.6) is 0 Å². The number of hydrogen-bond acceptors (Lipinski definition) is 2. The molecule has 1 N–H and O–H groups in total. The lowest BCUT2D eigenvalue weighted by Gasteiger charge is -2.17. The molecule has 108 valence electrons. The van der Waals surface area contributed by atoms with Gasteiger partial charge in [0.05, 0.1) is 11.6 Å². The monoisotopic (exact) mass is 347 g/mol. The number of benzene rings is 1. The van der Waals surface area contributed by atoms with Crippen LogP contribution in [0.1, 0.15) is 24.4 Å². The molecule has 0 fully saturated rings. The van der Waals surface area contributed by atoms with Gasteiger partial charge >= 0.3 is 6.18 Å². The maximum absolute atomic E-state index is 12.8. The van der Waals surface area contributed by atoms with Crippen molar-refractivity contribution in [2.24, 2.45) is 7.05 Å². The Morgan fingerprint density at radius 3 is 2.55 bits per heavy atom. The summed E-state index contributed by atoms with van der Waals surface area (Å²) in [6.45, 7) is 1.84. The van der Waals surface area contributed by atoms with Crippen LogP contribution in [-0.2, 0) is 13.2 Å². The van der Waals surface area contributed by atoms with Crippen molar-refractivity contribution in [1.82, 2.24) is 9.55 Å². The van der Waals surface area contributed by atoms with E-state index < -0.39 is 11.7 Å². The average molecular weight is 348 g/mol. The van der Waals surface area contributed by atoms with Crippen LogP contribution in [0.2, 0.25) is 0 Å². The van der Waals surface area contributed by atoms with Gasteiger partial charge in [0, 0.05) is 29.6 Å². The molecule has 1 unspecified atom stereocenters. The van der Waals surface area contributed by atoms with Crippen LogP contribution in [0, 0.1) is 0 Å². The molecule has 0 bridgehead atoms. The van der Waals surface area contributed by atoms with Crippen LogP contribution in [0.4, 0.5) is 18.9 Å². The van der Waals surface area contributed by atoms with Crippen molar-refractivity contribution in [1.29, 1.82) is 0 Å². The summed E-state index contributed by atoms with van der Waals surface area (Å²) in [6, 6.07) is 3.54. The van der Waals surface area contributed by atoms with Crippen molar-refractivity contribution in [2.45, 2.75) is 19.1 Å². The number of rotatable bonds is 3. The SMILES string of the molecule is CC(Nc1cc(Br)cc(C(F)(F)F)c1)c1nccn1C. The number of anilines is 1. The number of aryl methyl sites for hydroxylation is 1. The highest BCUT2D eigenvalue weighted by Gasteiger charge is 2.31. The summed E-state index contributed by atoms with van der Waals surface area (Å²) in [4.78, 5) is 4.17. The average Bonchev–Trinajstić information content (AvgIpc) is 2.73. The lowest BCUT2D eigenvalue weighted by atomic mass is 10.2. The molecule has 7 heteroatoms. The predicted molar refractivity (Wildman–Crippen MR) is 74.4 cm³/mol. The molecule has 0 aliphatic heterocycles. The number of aromatic nitrogens is 2. The smallest absolute Gasteiger partial charge is 0.375 e. The van der Waals surface area contributed by atoms with Gasteiger partial charge in [-0.1, -0.05) is 15.9 Å². The fraction of sp³-hybridized carbons (Fsp3) is 0.308. The van der Waals surface area contributed by atoms with Crippen LogP contribution in [0.15, 0.2) is 35.1 Å². The van der Waals surface area contributed by atoms with Crippen molar-refractivity contribution >= 4 is 21.6 Å². The first-order valence-corrected chi connectivity index (χ1v) is 6.68. The molecule has 20 heavy (non-hydrogen) atoms. The summed E-state index contributed by atoms with van der Waals surface area (Å²) < 4.78 is 40.5. The van der Waals surface area contributed by atoms with E-state index >= 15 is 0 Å². The third-order valence-corrected chi connectivity index (χ3v) is 3.31. The van der Waals surface area contributed by atoms with Gasteiger partial charge in [0.1, 0.15) is 5.82 Å². The zero-order valence-corrected chi connectivity index (χ0v) is 12.5. The number of alkyl halides is 3. The van der Waals surface area contributed by atoms with Crippen LogP contribution >= 0.6 is 15.9 Å². The molecule has 0 radical (unpaired) electrons. The van der Waals surface area contributed by atoms with Gasteiger partial charge in [-0.2, -0.15) is 13.2 Å². The molecule has 1 aromatic heterocycles. The second-order valence-corrected chi connectivity index (χ2v) is 5.40. The summed E-state index contributed by atoms with van der Waals surface area (Å²) in [5, 5.41) is 3.03. The minimum atomic E-state index is -4.37. The lowest BCUT2D eigenvalue weighted by Crippen LogP contribution is -2.13. The minimum absolute atomic E-state index is 0.203. The molecule has 3 nitrogen and oxygen atoms in total. The molecule has 2 aromatic rings. The van der Waals surface area contributed by atoms with E-state index in [-0.39, 0.29) is 6.04 Å². The van der Waals surface area contributed by atoms with Gasteiger partial charge in [-0.25, -0.2) is 4.98 Å². The molecule has 1 aromatic carbocycles. The van der Waals surface area contributed by atoms with E-state index in [9.17, 15) is 13.2 Å². The molecule has 1 atom stereocenters. The van der Waals surface area contributed by atoms with Crippen LogP contribution in [0.3, 0.4) is 0 Å². The summed E-state index contributed by atoms with van der Waals surface area (Å²) in [6.07, 6.45) is -0.933. The van der Waals surface area contributed by atoms with Crippen molar-refractivity contribution in [3.8, 4) is 0 Å². The summed E-state index contributed by atoms with van der Waals surface area (Å²) in [7, 11) is 1.84. The van der Waals surface area contributed by atoms with Crippen LogP contribution in [0.25, 0.3) is 0 Å². The van der Waals surface area contributed by atoms with E-state index in [1.807, 2.05) is 18.5 Å². The van der Waals surface area contributed by atoms with Gasteiger partial charge in [-0.3, -0.25) is 0 Å². The van der Waals surface area contributed by atoms with Gasteiger partial charge in [0.15, 0.2) is 0 Å². The first kappa shape index (κ1) is 14.9. The number of nitrogens with one attached hydrogen (secondary N) is 1. The highest BCUT2D eigenvalue weighted by atomic mass is 79.9. The number of imidazole rings is 1. The number of halogens is 4. The highest BCUT2D eigenvalue weighted by molar-refractivity contribution is 9.10. The van der Waals surface area contributed by atoms with Gasteiger partial charge in [-0.05, 0) is 25.1 Å². The second-order valence-electron chi connectivity index (χ2n) is 4.49. The minimum Gasteiger partial charge on any atom is -0.375 e. The van der Waals surface area contributed by atoms with E-state index in [1.54, 1.807) is 18.5 Å². The van der Waals surface area contributed by atoms with Gasteiger partial charge in [0.25, 0.3) is 0 Å². The molecule has 0 aliphatic rings. The molecule has 0 saturated carbocycles. The zero-order chi connectivity index (χ0) is 14.9. The fourth-order valence-electron chi connectivity index (χ4n) is 1.95. The Kier molecular flexibility index (Phi) is 4.08. The van der Waals surface area contributed by atoms with Gasteiger partial charge in [-0.15, -0.1) is 0 Å². The van der Waals surface area contributed by atoms with Crippen molar-refractivity contribution < 1.29 is 13.2 Å².